The normalized spacial score (nSPS) is 11.6. The summed E-state index contributed by atoms with van der Waals surface area (Å²) in [6.07, 6.45) is 0. The molecule has 0 bridgehead atoms. The second-order valence-electron chi connectivity index (χ2n) is 3.68. The fraction of sp³-hybridized carbons (Fsp3) is 0.0714. The summed E-state index contributed by atoms with van der Waals surface area (Å²) < 4.78 is 12.7. The molecule has 0 fully saturated rings. The Morgan fingerprint density at radius 3 is 2.47 bits per heavy atom. The molecule has 0 aromatic heterocycles. The smallest absolute Gasteiger partial charge is 0.123 e. The number of hydrogen-bond acceptors (Lipinski definition) is 1. The highest BCUT2D eigenvalue weighted by Crippen LogP contribution is 2.16. The van der Waals surface area contributed by atoms with E-state index < -0.39 is 0 Å². The Kier molecular flexibility index (Phi) is 3.55. The van der Waals surface area contributed by atoms with Gasteiger partial charge >= 0.3 is 0 Å². The SMILES string of the molecule is CC(=Nc1ccc(F)cc1)c1cccc(Cl)c1. The zero-order valence-corrected chi connectivity index (χ0v) is 10.1. The van der Waals surface area contributed by atoms with Gasteiger partial charge in [-0.2, -0.15) is 0 Å². The first-order valence-electron chi connectivity index (χ1n) is 5.22. The third-order valence-electron chi connectivity index (χ3n) is 2.37. The maximum atomic E-state index is 12.7. The van der Waals surface area contributed by atoms with Crippen molar-refractivity contribution in [3.8, 4) is 0 Å². The van der Waals surface area contributed by atoms with Gasteiger partial charge in [-0.05, 0) is 48.9 Å². The molecule has 0 spiro atoms. The van der Waals surface area contributed by atoms with E-state index in [9.17, 15) is 4.39 Å². The summed E-state index contributed by atoms with van der Waals surface area (Å²) >= 11 is 5.91. The van der Waals surface area contributed by atoms with Crippen LogP contribution >= 0.6 is 11.6 Å². The van der Waals surface area contributed by atoms with E-state index in [1.54, 1.807) is 12.1 Å². The molecule has 17 heavy (non-hydrogen) atoms. The first-order chi connectivity index (χ1) is 8.15. The van der Waals surface area contributed by atoms with Gasteiger partial charge in [0.25, 0.3) is 0 Å². The molecule has 0 saturated carbocycles. The van der Waals surface area contributed by atoms with Crippen molar-refractivity contribution < 1.29 is 4.39 Å². The molecule has 3 heteroatoms. The largest absolute Gasteiger partial charge is 0.253 e. The lowest BCUT2D eigenvalue weighted by molar-refractivity contribution is 0.628. The average Bonchev–Trinajstić information content (AvgIpc) is 2.32. The van der Waals surface area contributed by atoms with Gasteiger partial charge in [-0.15, -0.1) is 0 Å². The highest BCUT2D eigenvalue weighted by Gasteiger charge is 1.99. The number of benzene rings is 2. The predicted octanol–water partition coefficient (Wildman–Crippen LogP) is 4.62. The van der Waals surface area contributed by atoms with Gasteiger partial charge in [0, 0.05) is 10.7 Å². The molecular weight excluding hydrogens is 237 g/mol. The summed E-state index contributed by atoms with van der Waals surface area (Å²) in [5, 5.41) is 0.677. The van der Waals surface area contributed by atoms with Crippen LogP contribution in [0.1, 0.15) is 12.5 Å². The van der Waals surface area contributed by atoms with Crippen molar-refractivity contribution in [2.75, 3.05) is 0 Å². The van der Waals surface area contributed by atoms with Crippen LogP contribution in [0.3, 0.4) is 0 Å². The lowest BCUT2D eigenvalue weighted by Gasteiger charge is -2.01. The van der Waals surface area contributed by atoms with Gasteiger partial charge < -0.3 is 0 Å². The Labute approximate surface area is 105 Å². The van der Waals surface area contributed by atoms with Crippen LogP contribution in [0.15, 0.2) is 53.5 Å². The molecule has 0 aliphatic heterocycles. The molecular formula is C14H11ClFN. The van der Waals surface area contributed by atoms with Crippen molar-refractivity contribution in [2.24, 2.45) is 4.99 Å². The lowest BCUT2D eigenvalue weighted by Crippen LogP contribution is -1.93. The molecule has 0 radical (unpaired) electrons. The van der Waals surface area contributed by atoms with Gasteiger partial charge in [0.1, 0.15) is 5.82 Å². The van der Waals surface area contributed by atoms with E-state index in [0.29, 0.717) is 5.02 Å². The fourth-order valence-corrected chi connectivity index (χ4v) is 1.68. The van der Waals surface area contributed by atoms with Crippen molar-refractivity contribution in [3.05, 3.63) is 64.9 Å². The summed E-state index contributed by atoms with van der Waals surface area (Å²) in [6, 6.07) is 13.6. The minimum Gasteiger partial charge on any atom is -0.253 e. The van der Waals surface area contributed by atoms with Gasteiger partial charge in [-0.3, -0.25) is 4.99 Å². The Hall–Kier alpha value is -1.67. The van der Waals surface area contributed by atoms with E-state index in [2.05, 4.69) is 4.99 Å². The zero-order chi connectivity index (χ0) is 12.3. The first kappa shape index (κ1) is 11.8. The average molecular weight is 248 g/mol. The lowest BCUT2D eigenvalue weighted by atomic mass is 10.1. The molecule has 0 atom stereocenters. The van der Waals surface area contributed by atoms with E-state index in [1.165, 1.54) is 12.1 Å². The maximum Gasteiger partial charge on any atom is 0.123 e. The molecule has 1 nitrogen and oxygen atoms in total. The number of halogens is 2. The third kappa shape index (κ3) is 3.14. The highest BCUT2D eigenvalue weighted by molar-refractivity contribution is 6.31. The molecule has 0 aliphatic rings. The molecule has 0 N–H and O–H groups in total. The molecule has 0 saturated heterocycles. The number of hydrogen-bond donors (Lipinski definition) is 0. The molecule has 0 amide bonds. The van der Waals surface area contributed by atoms with Crippen molar-refractivity contribution in [2.45, 2.75) is 6.92 Å². The highest BCUT2D eigenvalue weighted by atomic mass is 35.5. The summed E-state index contributed by atoms with van der Waals surface area (Å²) in [6.45, 7) is 1.90. The standard InChI is InChI=1S/C14H11ClFN/c1-10(11-3-2-4-12(15)9-11)17-14-7-5-13(16)6-8-14/h2-9H,1H3. The second-order valence-corrected chi connectivity index (χ2v) is 4.12. The summed E-state index contributed by atoms with van der Waals surface area (Å²) in [4.78, 5) is 4.40. The van der Waals surface area contributed by atoms with Gasteiger partial charge in [-0.25, -0.2) is 4.39 Å². The van der Waals surface area contributed by atoms with Crippen molar-refractivity contribution in [1.82, 2.24) is 0 Å². The van der Waals surface area contributed by atoms with E-state index >= 15 is 0 Å². The minimum absolute atomic E-state index is 0.260. The van der Waals surface area contributed by atoms with E-state index in [4.69, 9.17) is 11.6 Å². The molecule has 2 aromatic rings. The maximum absolute atomic E-state index is 12.7. The first-order valence-corrected chi connectivity index (χ1v) is 5.60. The molecule has 2 rings (SSSR count). The van der Waals surface area contributed by atoms with Crippen molar-refractivity contribution >= 4 is 23.0 Å². The van der Waals surface area contributed by atoms with Crippen LogP contribution in [0, 0.1) is 5.82 Å². The Morgan fingerprint density at radius 1 is 1.12 bits per heavy atom. The third-order valence-corrected chi connectivity index (χ3v) is 2.60. The van der Waals surface area contributed by atoms with Crippen LogP contribution in [0.5, 0.6) is 0 Å². The number of aliphatic imine (C=N–C) groups is 1. The Balaban J connectivity index is 2.30. The summed E-state index contributed by atoms with van der Waals surface area (Å²) in [5.74, 6) is -0.260. The topological polar surface area (TPSA) is 12.4 Å². The van der Waals surface area contributed by atoms with Crippen LogP contribution in [0.4, 0.5) is 10.1 Å². The monoisotopic (exact) mass is 247 g/mol. The van der Waals surface area contributed by atoms with Crippen LogP contribution in [0.25, 0.3) is 0 Å². The van der Waals surface area contributed by atoms with Crippen molar-refractivity contribution in [1.29, 1.82) is 0 Å². The van der Waals surface area contributed by atoms with Gasteiger partial charge in [0.05, 0.1) is 5.69 Å². The summed E-state index contributed by atoms with van der Waals surface area (Å²) in [7, 11) is 0. The second kappa shape index (κ2) is 5.11. The minimum atomic E-state index is -0.260. The van der Waals surface area contributed by atoms with Gasteiger partial charge in [0.15, 0.2) is 0 Å². The number of nitrogens with zero attached hydrogens (tertiary/aromatic N) is 1. The van der Waals surface area contributed by atoms with Gasteiger partial charge in [-0.1, -0.05) is 23.7 Å². The van der Waals surface area contributed by atoms with E-state index in [1.807, 2.05) is 31.2 Å². The van der Waals surface area contributed by atoms with E-state index in [0.717, 1.165) is 17.0 Å². The van der Waals surface area contributed by atoms with Gasteiger partial charge in [0.2, 0.25) is 0 Å². The van der Waals surface area contributed by atoms with Crippen molar-refractivity contribution in [3.63, 3.8) is 0 Å². The predicted molar refractivity (Wildman–Crippen MR) is 69.7 cm³/mol. The molecule has 2 aromatic carbocycles. The Morgan fingerprint density at radius 2 is 1.82 bits per heavy atom. The van der Waals surface area contributed by atoms with Crippen LogP contribution in [-0.2, 0) is 0 Å². The molecule has 0 aliphatic carbocycles. The number of rotatable bonds is 2. The van der Waals surface area contributed by atoms with Crippen LogP contribution in [0.2, 0.25) is 5.02 Å². The fourth-order valence-electron chi connectivity index (χ4n) is 1.49. The van der Waals surface area contributed by atoms with Crippen LogP contribution < -0.4 is 0 Å². The van der Waals surface area contributed by atoms with E-state index in [-0.39, 0.29) is 5.82 Å². The molecule has 0 heterocycles. The zero-order valence-electron chi connectivity index (χ0n) is 9.32. The molecule has 0 unspecified atom stereocenters. The quantitative estimate of drug-likeness (QED) is 0.687. The summed E-state index contributed by atoms with van der Waals surface area (Å²) in [5.41, 5.74) is 2.53. The van der Waals surface area contributed by atoms with Crippen LogP contribution in [-0.4, -0.2) is 5.71 Å². The Bertz CT molecular complexity index is 546. The molecule has 86 valence electrons.